The van der Waals surface area contributed by atoms with Crippen LogP contribution in [-0.4, -0.2) is 32.8 Å². The Balaban J connectivity index is 3.14. The van der Waals surface area contributed by atoms with Crippen LogP contribution in [0.3, 0.4) is 0 Å². The number of rotatable bonds is 5. The molecule has 7 nitrogen and oxygen atoms in total. The third kappa shape index (κ3) is 2.60. The first-order chi connectivity index (χ1) is 8.38. The average Bonchev–Trinajstić information content (AvgIpc) is 2.52. The molecule has 1 atom stereocenters. The molecule has 0 aliphatic carbocycles. The van der Waals surface area contributed by atoms with Gasteiger partial charge < -0.3 is 16.2 Å². The van der Waals surface area contributed by atoms with Gasteiger partial charge in [0.15, 0.2) is 0 Å². The second-order valence-electron chi connectivity index (χ2n) is 3.74. The normalized spacial score (nSPS) is 11.6. The summed E-state index contributed by atoms with van der Waals surface area (Å²) in [4.78, 5) is 22.3. The van der Waals surface area contributed by atoms with Gasteiger partial charge in [-0.05, 0) is 6.92 Å². The first kappa shape index (κ1) is 13.6. The largest absolute Gasteiger partial charge is 0.480 e. The molecule has 1 unspecified atom stereocenters. The zero-order valence-electron chi connectivity index (χ0n) is 10.1. The lowest BCUT2D eigenvalue weighted by Gasteiger charge is -2.14. The molecule has 0 radical (unpaired) electrons. The number of aromatic nitrogens is 2. The van der Waals surface area contributed by atoms with Gasteiger partial charge in [-0.15, -0.1) is 12.3 Å². The van der Waals surface area contributed by atoms with Crippen LogP contribution in [0.4, 0.5) is 5.82 Å². The van der Waals surface area contributed by atoms with Gasteiger partial charge >= 0.3 is 5.97 Å². The quantitative estimate of drug-likeness (QED) is 0.622. The Morgan fingerprint density at radius 3 is 2.72 bits per heavy atom. The van der Waals surface area contributed by atoms with E-state index in [1.165, 1.54) is 4.68 Å². The van der Waals surface area contributed by atoms with Gasteiger partial charge in [-0.1, -0.05) is 0 Å². The zero-order chi connectivity index (χ0) is 13.9. The van der Waals surface area contributed by atoms with E-state index in [9.17, 15) is 9.59 Å². The predicted octanol–water partition coefficient (Wildman–Crippen LogP) is -0.284. The van der Waals surface area contributed by atoms with Crippen molar-refractivity contribution in [3.63, 3.8) is 0 Å². The Hall–Kier alpha value is -2.49. The molecule has 0 saturated heterocycles. The summed E-state index contributed by atoms with van der Waals surface area (Å²) in [5.41, 5.74) is 5.83. The summed E-state index contributed by atoms with van der Waals surface area (Å²) in [6.45, 7) is 1.61. The van der Waals surface area contributed by atoms with Crippen LogP contribution < -0.4 is 11.1 Å². The van der Waals surface area contributed by atoms with Gasteiger partial charge in [0, 0.05) is 13.5 Å². The lowest BCUT2D eigenvalue weighted by molar-refractivity contribution is -0.137. The van der Waals surface area contributed by atoms with Gasteiger partial charge in [-0.25, -0.2) is 4.79 Å². The van der Waals surface area contributed by atoms with Crippen molar-refractivity contribution in [2.24, 2.45) is 12.8 Å². The van der Waals surface area contributed by atoms with Crippen molar-refractivity contribution in [1.82, 2.24) is 9.78 Å². The number of nitrogens with two attached hydrogens (primary N) is 1. The van der Waals surface area contributed by atoms with Crippen LogP contribution in [0.5, 0.6) is 0 Å². The van der Waals surface area contributed by atoms with Gasteiger partial charge in [0.25, 0.3) is 5.91 Å². The number of terminal acetylenes is 1. The Bertz CT molecular complexity index is 527. The number of aryl methyl sites for hydroxylation is 2. The minimum Gasteiger partial charge on any atom is -0.480 e. The summed E-state index contributed by atoms with van der Waals surface area (Å²) < 4.78 is 1.36. The maximum absolute atomic E-state index is 11.3. The molecule has 96 valence electrons. The van der Waals surface area contributed by atoms with Crippen molar-refractivity contribution in [3.05, 3.63) is 11.3 Å². The van der Waals surface area contributed by atoms with E-state index in [-0.39, 0.29) is 17.8 Å². The smallest absolute Gasteiger partial charge is 0.327 e. The summed E-state index contributed by atoms with van der Waals surface area (Å²) >= 11 is 0. The van der Waals surface area contributed by atoms with E-state index in [1.54, 1.807) is 14.0 Å². The third-order valence-corrected chi connectivity index (χ3v) is 2.40. The number of amides is 1. The molecule has 7 heteroatoms. The predicted molar refractivity (Wildman–Crippen MR) is 65.0 cm³/mol. The standard InChI is InChI=1S/C11H14N4O3/c1-4-5-7(11(17)18)13-10-8(9(12)16)6(2)14-15(10)3/h1,7,13H,5H2,2-3H3,(H2,12,16)(H,17,18). The van der Waals surface area contributed by atoms with Crippen molar-refractivity contribution in [2.45, 2.75) is 19.4 Å². The van der Waals surface area contributed by atoms with E-state index in [1.807, 2.05) is 0 Å². The minimum absolute atomic E-state index is 0.0161. The summed E-state index contributed by atoms with van der Waals surface area (Å²) in [6, 6.07) is -0.997. The molecular weight excluding hydrogens is 236 g/mol. The monoisotopic (exact) mass is 250 g/mol. The van der Waals surface area contributed by atoms with Gasteiger partial charge in [-0.3, -0.25) is 9.48 Å². The molecule has 0 fully saturated rings. The van der Waals surface area contributed by atoms with E-state index >= 15 is 0 Å². The molecule has 0 bridgehead atoms. The summed E-state index contributed by atoms with van der Waals surface area (Å²) in [5.74, 6) is 0.725. The van der Waals surface area contributed by atoms with Crippen LogP contribution in [0.25, 0.3) is 0 Å². The second-order valence-corrected chi connectivity index (χ2v) is 3.74. The number of carboxylic acid groups (broad SMARTS) is 1. The number of hydrogen-bond acceptors (Lipinski definition) is 4. The summed E-state index contributed by atoms with van der Waals surface area (Å²) in [6.07, 6.45) is 5.08. The third-order valence-electron chi connectivity index (χ3n) is 2.40. The highest BCUT2D eigenvalue weighted by atomic mass is 16.4. The fourth-order valence-electron chi connectivity index (χ4n) is 1.60. The van der Waals surface area contributed by atoms with Crippen LogP contribution in [0, 0.1) is 19.3 Å². The number of hydrogen-bond donors (Lipinski definition) is 3. The van der Waals surface area contributed by atoms with Crippen LogP contribution in [0.1, 0.15) is 22.5 Å². The van der Waals surface area contributed by atoms with Crippen molar-refractivity contribution in [2.75, 3.05) is 5.32 Å². The molecule has 0 aliphatic heterocycles. The van der Waals surface area contributed by atoms with Crippen LogP contribution in [-0.2, 0) is 11.8 Å². The van der Waals surface area contributed by atoms with Gasteiger partial charge in [0.1, 0.15) is 17.4 Å². The molecule has 1 aromatic heterocycles. The number of primary amides is 1. The summed E-state index contributed by atoms with van der Waals surface area (Å²) in [7, 11) is 1.58. The number of aliphatic carboxylic acids is 1. The molecule has 18 heavy (non-hydrogen) atoms. The average molecular weight is 250 g/mol. The van der Waals surface area contributed by atoms with E-state index in [4.69, 9.17) is 17.3 Å². The van der Waals surface area contributed by atoms with Gasteiger partial charge in [-0.2, -0.15) is 5.10 Å². The van der Waals surface area contributed by atoms with Gasteiger partial charge in [0.2, 0.25) is 0 Å². The highest BCUT2D eigenvalue weighted by molar-refractivity contribution is 5.99. The van der Waals surface area contributed by atoms with Crippen LogP contribution in [0.15, 0.2) is 0 Å². The Morgan fingerprint density at radius 1 is 1.67 bits per heavy atom. The van der Waals surface area contributed by atoms with E-state index in [2.05, 4.69) is 16.3 Å². The number of nitrogens with zero attached hydrogens (tertiary/aromatic N) is 2. The van der Waals surface area contributed by atoms with E-state index < -0.39 is 17.9 Å². The van der Waals surface area contributed by atoms with Crippen molar-refractivity contribution in [3.8, 4) is 12.3 Å². The van der Waals surface area contributed by atoms with E-state index in [0.29, 0.717) is 5.69 Å². The van der Waals surface area contributed by atoms with Crippen LogP contribution >= 0.6 is 0 Å². The first-order valence-electron chi connectivity index (χ1n) is 5.14. The maximum Gasteiger partial charge on any atom is 0.327 e. The molecular formula is C11H14N4O3. The minimum atomic E-state index is -1.11. The van der Waals surface area contributed by atoms with Crippen molar-refractivity contribution < 1.29 is 14.7 Å². The number of carboxylic acids is 1. The molecule has 0 aromatic carbocycles. The Kier molecular flexibility index (Phi) is 3.94. The molecule has 1 heterocycles. The fourth-order valence-corrected chi connectivity index (χ4v) is 1.60. The SMILES string of the molecule is C#CCC(Nc1c(C(N)=O)c(C)nn1C)C(=O)O. The molecule has 0 spiro atoms. The molecule has 1 rings (SSSR count). The molecule has 1 amide bonds. The topological polar surface area (TPSA) is 110 Å². The number of carbonyl (C=O) groups is 2. The Morgan fingerprint density at radius 2 is 2.28 bits per heavy atom. The molecule has 4 N–H and O–H groups in total. The lowest BCUT2D eigenvalue weighted by Crippen LogP contribution is -2.31. The highest BCUT2D eigenvalue weighted by Gasteiger charge is 2.23. The number of nitrogens with one attached hydrogen (secondary N) is 1. The second kappa shape index (κ2) is 5.23. The first-order valence-corrected chi connectivity index (χ1v) is 5.14. The molecule has 1 aromatic rings. The molecule has 0 aliphatic rings. The van der Waals surface area contributed by atoms with Crippen LogP contribution in [0.2, 0.25) is 0 Å². The Labute approximate surface area is 104 Å². The number of carbonyl (C=O) groups excluding carboxylic acids is 1. The maximum atomic E-state index is 11.3. The number of anilines is 1. The fraction of sp³-hybridized carbons (Fsp3) is 0.364. The molecule has 0 saturated carbocycles. The zero-order valence-corrected chi connectivity index (χ0v) is 10.1. The van der Waals surface area contributed by atoms with Crippen molar-refractivity contribution >= 4 is 17.7 Å². The van der Waals surface area contributed by atoms with Crippen molar-refractivity contribution in [1.29, 1.82) is 0 Å². The lowest BCUT2D eigenvalue weighted by atomic mass is 10.2. The highest BCUT2D eigenvalue weighted by Crippen LogP contribution is 2.19. The van der Waals surface area contributed by atoms with E-state index in [0.717, 1.165) is 0 Å². The summed E-state index contributed by atoms with van der Waals surface area (Å²) in [5, 5.41) is 15.7. The van der Waals surface area contributed by atoms with Gasteiger partial charge in [0.05, 0.1) is 5.69 Å².